The zero-order chi connectivity index (χ0) is 11.4. The molecule has 2 unspecified atom stereocenters. The highest BCUT2D eigenvalue weighted by molar-refractivity contribution is 4.96. The molecule has 94 valence electrons. The third kappa shape index (κ3) is 2.78. The third-order valence-electron chi connectivity index (χ3n) is 4.51. The summed E-state index contributed by atoms with van der Waals surface area (Å²) in [5.41, 5.74) is 0.459. The Kier molecular flexibility index (Phi) is 4.26. The summed E-state index contributed by atoms with van der Waals surface area (Å²) < 4.78 is 0. The first kappa shape index (κ1) is 12.4. The van der Waals surface area contributed by atoms with Crippen LogP contribution in [-0.2, 0) is 0 Å². The Bertz CT molecular complexity index is 209. The first-order valence-electron chi connectivity index (χ1n) is 7.25. The molecule has 2 aliphatic heterocycles. The van der Waals surface area contributed by atoms with Crippen LogP contribution in [0.25, 0.3) is 0 Å². The van der Waals surface area contributed by atoms with Gasteiger partial charge in [0.05, 0.1) is 0 Å². The standard InChI is InChI=1S/C14H28N2/c1-3-8-14(9-6-10-15-14)12-16-11-5-4-7-13(16)2/h13,15H,3-12H2,1-2H3. The lowest BCUT2D eigenvalue weighted by atomic mass is 9.89. The molecule has 0 aliphatic carbocycles. The van der Waals surface area contributed by atoms with Gasteiger partial charge in [-0.15, -0.1) is 0 Å². The SMILES string of the molecule is CCCC1(CN2CCCCC2C)CCCN1. The van der Waals surface area contributed by atoms with Crippen LogP contribution in [0.4, 0.5) is 0 Å². The van der Waals surface area contributed by atoms with Gasteiger partial charge in [-0.1, -0.05) is 19.8 Å². The van der Waals surface area contributed by atoms with Crippen molar-refractivity contribution in [3.8, 4) is 0 Å². The predicted octanol–water partition coefficient (Wildman–Crippen LogP) is 2.78. The van der Waals surface area contributed by atoms with E-state index in [0.717, 1.165) is 6.04 Å². The van der Waals surface area contributed by atoms with Crippen LogP contribution in [0.5, 0.6) is 0 Å². The summed E-state index contributed by atoms with van der Waals surface area (Å²) in [4.78, 5) is 2.73. The Morgan fingerprint density at radius 1 is 1.31 bits per heavy atom. The minimum absolute atomic E-state index is 0.459. The van der Waals surface area contributed by atoms with Gasteiger partial charge in [0.15, 0.2) is 0 Å². The third-order valence-corrected chi connectivity index (χ3v) is 4.51. The van der Waals surface area contributed by atoms with Crippen molar-refractivity contribution in [1.82, 2.24) is 10.2 Å². The smallest absolute Gasteiger partial charge is 0.0309 e. The van der Waals surface area contributed by atoms with Crippen molar-refractivity contribution in [2.24, 2.45) is 0 Å². The lowest BCUT2D eigenvalue weighted by Crippen LogP contribution is -2.53. The Balaban J connectivity index is 1.93. The van der Waals surface area contributed by atoms with E-state index in [9.17, 15) is 0 Å². The quantitative estimate of drug-likeness (QED) is 0.790. The van der Waals surface area contributed by atoms with Crippen molar-refractivity contribution in [2.45, 2.75) is 70.4 Å². The number of likely N-dealkylation sites (tertiary alicyclic amines) is 1. The van der Waals surface area contributed by atoms with Crippen LogP contribution in [0.1, 0.15) is 58.8 Å². The van der Waals surface area contributed by atoms with Crippen molar-refractivity contribution in [3.63, 3.8) is 0 Å². The fourth-order valence-corrected chi connectivity index (χ4v) is 3.56. The Hall–Kier alpha value is -0.0800. The molecule has 2 nitrogen and oxygen atoms in total. The minimum atomic E-state index is 0.459. The molecule has 0 saturated carbocycles. The van der Waals surface area contributed by atoms with Crippen LogP contribution in [0.15, 0.2) is 0 Å². The van der Waals surface area contributed by atoms with E-state index < -0.39 is 0 Å². The molecule has 0 aromatic heterocycles. The first-order chi connectivity index (χ1) is 7.76. The maximum atomic E-state index is 3.80. The van der Waals surface area contributed by atoms with Gasteiger partial charge in [-0.25, -0.2) is 0 Å². The lowest BCUT2D eigenvalue weighted by Gasteiger charge is -2.41. The van der Waals surface area contributed by atoms with Crippen LogP contribution in [0, 0.1) is 0 Å². The summed E-state index contributed by atoms with van der Waals surface area (Å²) in [6.07, 6.45) is 9.69. The zero-order valence-corrected chi connectivity index (χ0v) is 11.1. The average molecular weight is 224 g/mol. The molecule has 2 rings (SSSR count). The molecule has 0 amide bonds. The number of rotatable bonds is 4. The summed E-state index contributed by atoms with van der Waals surface area (Å²) in [6, 6.07) is 0.810. The van der Waals surface area contributed by atoms with Crippen LogP contribution in [0.2, 0.25) is 0 Å². The van der Waals surface area contributed by atoms with E-state index in [-0.39, 0.29) is 0 Å². The Labute approximate surface area is 101 Å². The molecule has 2 aliphatic rings. The van der Waals surface area contributed by atoms with E-state index in [4.69, 9.17) is 0 Å². The summed E-state index contributed by atoms with van der Waals surface area (Å²) in [5.74, 6) is 0. The summed E-state index contributed by atoms with van der Waals surface area (Å²) in [7, 11) is 0. The summed E-state index contributed by atoms with van der Waals surface area (Å²) >= 11 is 0. The van der Waals surface area contributed by atoms with Gasteiger partial charge in [-0.05, 0) is 52.1 Å². The topological polar surface area (TPSA) is 15.3 Å². The number of nitrogens with zero attached hydrogens (tertiary/aromatic N) is 1. The molecule has 0 radical (unpaired) electrons. The highest BCUT2D eigenvalue weighted by Gasteiger charge is 2.35. The van der Waals surface area contributed by atoms with Gasteiger partial charge >= 0.3 is 0 Å². The molecule has 2 heterocycles. The summed E-state index contributed by atoms with van der Waals surface area (Å²) in [5, 5.41) is 3.80. The second-order valence-corrected chi connectivity index (χ2v) is 5.88. The van der Waals surface area contributed by atoms with Crippen molar-refractivity contribution in [1.29, 1.82) is 0 Å². The molecular weight excluding hydrogens is 196 g/mol. The number of piperidine rings is 1. The van der Waals surface area contributed by atoms with Crippen molar-refractivity contribution in [2.75, 3.05) is 19.6 Å². The molecule has 2 atom stereocenters. The molecule has 2 saturated heterocycles. The molecule has 16 heavy (non-hydrogen) atoms. The van der Waals surface area contributed by atoms with Crippen LogP contribution < -0.4 is 5.32 Å². The maximum absolute atomic E-state index is 3.80. The van der Waals surface area contributed by atoms with E-state index in [1.165, 1.54) is 64.6 Å². The number of nitrogens with one attached hydrogen (secondary N) is 1. The van der Waals surface area contributed by atoms with Gasteiger partial charge in [0, 0.05) is 18.1 Å². The molecule has 1 N–H and O–H groups in total. The minimum Gasteiger partial charge on any atom is -0.310 e. The Morgan fingerprint density at radius 2 is 2.19 bits per heavy atom. The van der Waals surface area contributed by atoms with E-state index in [0.29, 0.717) is 5.54 Å². The zero-order valence-electron chi connectivity index (χ0n) is 11.1. The second kappa shape index (κ2) is 5.50. The van der Waals surface area contributed by atoms with Crippen LogP contribution in [0.3, 0.4) is 0 Å². The maximum Gasteiger partial charge on any atom is 0.0309 e. The first-order valence-corrected chi connectivity index (χ1v) is 7.25. The molecule has 0 bridgehead atoms. The van der Waals surface area contributed by atoms with E-state index in [1.807, 2.05) is 0 Å². The fraction of sp³-hybridized carbons (Fsp3) is 1.00. The average Bonchev–Trinajstić information content (AvgIpc) is 2.71. The Morgan fingerprint density at radius 3 is 2.81 bits per heavy atom. The fourth-order valence-electron chi connectivity index (χ4n) is 3.56. The monoisotopic (exact) mass is 224 g/mol. The second-order valence-electron chi connectivity index (χ2n) is 5.88. The van der Waals surface area contributed by atoms with E-state index in [2.05, 4.69) is 24.1 Å². The largest absolute Gasteiger partial charge is 0.310 e. The van der Waals surface area contributed by atoms with Crippen LogP contribution >= 0.6 is 0 Å². The lowest BCUT2D eigenvalue weighted by molar-refractivity contribution is 0.111. The molecular formula is C14H28N2. The number of hydrogen-bond donors (Lipinski definition) is 1. The van der Waals surface area contributed by atoms with E-state index in [1.54, 1.807) is 0 Å². The van der Waals surface area contributed by atoms with Gasteiger partial charge in [-0.3, -0.25) is 4.90 Å². The highest BCUT2D eigenvalue weighted by Crippen LogP contribution is 2.28. The molecule has 2 fully saturated rings. The van der Waals surface area contributed by atoms with Crippen LogP contribution in [-0.4, -0.2) is 36.1 Å². The van der Waals surface area contributed by atoms with Crippen molar-refractivity contribution >= 4 is 0 Å². The van der Waals surface area contributed by atoms with Gasteiger partial charge in [0.1, 0.15) is 0 Å². The van der Waals surface area contributed by atoms with Gasteiger partial charge in [0.2, 0.25) is 0 Å². The van der Waals surface area contributed by atoms with Gasteiger partial charge < -0.3 is 5.32 Å². The van der Waals surface area contributed by atoms with Crippen molar-refractivity contribution in [3.05, 3.63) is 0 Å². The number of hydrogen-bond acceptors (Lipinski definition) is 2. The summed E-state index contributed by atoms with van der Waals surface area (Å²) in [6.45, 7) is 8.59. The molecule has 0 aromatic rings. The normalized spacial score (nSPS) is 36.8. The van der Waals surface area contributed by atoms with E-state index >= 15 is 0 Å². The van der Waals surface area contributed by atoms with Gasteiger partial charge in [-0.2, -0.15) is 0 Å². The van der Waals surface area contributed by atoms with Gasteiger partial charge in [0.25, 0.3) is 0 Å². The van der Waals surface area contributed by atoms with Crippen molar-refractivity contribution < 1.29 is 0 Å². The molecule has 2 heteroatoms. The molecule has 0 spiro atoms. The predicted molar refractivity (Wildman–Crippen MR) is 69.8 cm³/mol. The molecule has 0 aromatic carbocycles. The highest BCUT2D eigenvalue weighted by atomic mass is 15.2.